The summed E-state index contributed by atoms with van der Waals surface area (Å²) in [5.74, 6) is 0.178. The quantitative estimate of drug-likeness (QED) is 0.288. The van der Waals surface area contributed by atoms with E-state index in [1.807, 2.05) is 11.8 Å². The molecule has 12 heteroatoms. The average molecular weight is 626 g/mol. The van der Waals surface area contributed by atoms with Crippen LogP contribution < -0.4 is 9.64 Å². The molecule has 8 nitrogen and oxygen atoms in total. The molecular formula is C32H34F3N5O3S. The Morgan fingerprint density at radius 2 is 2.00 bits per heavy atom. The SMILES string of the molecule is CCc1c(F)ccc2cc(O)cc(-c3ncc4c(N5CCC[S+]([O-])CC5)nc(OC[C@@]56CCCN5C[C@H](F)C6)nc4c3F)c12. The number of ether oxygens (including phenoxy) is 1. The monoisotopic (exact) mass is 625 g/mol. The van der Waals surface area contributed by atoms with Gasteiger partial charge in [0.1, 0.15) is 52.9 Å². The number of hydrogen-bond donors (Lipinski definition) is 1. The minimum atomic E-state index is -0.959. The molecule has 0 spiro atoms. The molecule has 3 aliphatic heterocycles. The van der Waals surface area contributed by atoms with Crippen LogP contribution in [0.2, 0.25) is 0 Å². The van der Waals surface area contributed by atoms with E-state index in [1.54, 1.807) is 6.07 Å². The summed E-state index contributed by atoms with van der Waals surface area (Å²) in [7, 11) is 0. The number of benzene rings is 2. The van der Waals surface area contributed by atoms with Crippen molar-refractivity contribution in [3.63, 3.8) is 0 Å². The standard InChI is InChI=1S/C32H34F3N5O3S/c1-2-22-25(34)6-5-19-13-21(41)14-23(26(19)22)28-27(35)29-24(16-36-28)30(39-8-4-11-44(42)12-10-39)38-31(37-29)43-18-32-7-3-9-40(32)17-20(33)15-32/h5-6,13-14,16,20,41H,2-4,7-12,15,17-18H2,1H3/t20-,32+,44?/m1/s1. The lowest BCUT2D eigenvalue weighted by atomic mass is 9.94. The van der Waals surface area contributed by atoms with E-state index in [0.717, 1.165) is 19.4 Å². The van der Waals surface area contributed by atoms with Gasteiger partial charge in [-0.25, -0.2) is 13.2 Å². The van der Waals surface area contributed by atoms with Crippen molar-refractivity contribution in [2.45, 2.75) is 50.7 Å². The van der Waals surface area contributed by atoms with Crippen LogP contribution in [0.5, 0.6) is 11.8 Å². The summed E-state index contributed by atoms with van der Waals surface area (Å²) in [5, 5.41) is 11.9. The van der Waals surface area contributed by atoms with E-state index < -0.39 is 34.5 Å². The number of alkyl halides is 1. The topological polar surface area (TPSA) is 97.7 Å². The van der Waals surface area contributed by atoms with Crippen LogP contribution >= 0.6 is 0 Å². The van der Waals surface area contributed by atoms with E-state index >= 15 is 4.39 Å². The fourth-order valence-electron chi connectivity index (χ4n) is 7.25. The van der Waals surface area contributed by atoms with Crippen molar-refractivity contribution in [1.82, 2.24) is 19.9 Å². The molecule has 3 saturated heterocycles. The van der Waals surface area contributed by atoms with E-state index in [-0.39, 0.29) is 35.1 Å². The fourth-order valence-corrected chi connectivity index (χ4v) is 8.33. The molecule has 2 aromatic heterocycles. The largest absolute Gasteiger partial charge is 0.616 e. The Bertz CT molecular complexity index is 1750. The number of halogens is 3. The number of pyridine rings is 1. The van der Waals surface area contributed by atoms with Gasteiger partial charge in [-0.15, -0.1) is 0 Å². The van der Waals surface area contributed by atoms with Gasteiger partial charge < -0.3 is 19.3 Å². The Kier molecular flexibility index (Phi) is 7.70. The number of aryl methyl sites for hydroxylation is 1. The van der Waals surface area contributed by atoms with Gasteiger partial charge in [-0.2, -0.15) is 9.97 Å². The van der Waals surface area contributed by atoms with Crippen LogP contribution in [-0.2, 0) is 17.6 Å². The summed E-state index contributed by atoms with van der Waals surface area (Å²) < 4.78 is 64.5. The molecule has 0 saturated carbocycles. The highest BCUT2D eigenvalue weighted by atomic mass is 32.2. The Hall–Kier alpha value is -3.35. The molecule has 3 atom stereocenters. The minimum Gasteiger partial charge on any atom is -0.616 e. The first kappa shape index (κ1) is 29.4. The summed E-state index contributed by atoms with van der Waals surface area (Å²) in [6.07, 6.45) is 3.73. The van der Waals surface area contributed by atoms with Crippen LogP contribution in [-0.4, -0.2) is 85.5 Å². The maximum Gasteiger partial charge on any atom is 0.319 e. The third-order valence-corrected chi connectivity index (χ3v) is 10.7. The van der Waals surface area contributed by atoms with E-state index in [2.05, 4.69) is 14.9 Å². The first-order chi connectivity index (χ1) is 21.3. The van der Waals surface area contributed by atoms with Gasteiger partial charge in [-0.1, -0.05) is 24.2 Å². The number of aromatic nitrogens is 3. The van der Waals surface area contributed by atoms with Crippen LogP contribution in [0.4, 0.5) is 19.0 Å². The van der Waals surface area contributed by atoms with Gasteiger partial charge in [0.05, 0.1) is 17.5 Å². The van der Waals surface area contributed by atoms with Crippen molar-refractivity contribution >= 4 is 38.7 Å². The number of phenolic OH excluding ortho intramolecular Hbond substituents is 1. The number of fused-ring (bicyclic) bond motifs is 3. The zero-order valence-corrected chi connectivity index (χ0v) is 25.3. The third-order valence-electron chi connectivity index (χ3n) is 9.32. The van der Waals surface area contributed by atoms with E-state index in [1.165, 1.54) is 24.4 Å². The molecular weight excluding hydrogens is 591 g/mol. The molecule has 1 unspecified atom stereocenters. The van der Waals surface area contributed by atoms with Crippen LogP contribution in [0.15, 0.2) is 30.5 Å². The maximum absolute atomic E-state index is 16.7. The van der Waals surface area contributed by atoms with Gasteiger partial charge in [0, 0.05) is 37.7 Å². The number of anilines is 1. The highest BCUT2D eigenvalue weighted by Crippen LogP contribution is 2.42. The van der Waals surface area contributed by atoms with Gasteiger partial charge in [0.15, 0.2) is 5.82 Å². The number of nitrogens with zero attached hydrogens (tertiary/aromatic N) is 5. The third kappa shape index (κ3) is 5.10. The molecule has 0 radical (unpaired) electrons. The molecule has 3 fully saturated rings. The first-order valence-electron chi connectivity index (χ1n) is 15.2. The Labute approximate surface area is 256 Å². The van der Waals surface area contributed by atoms with Crippen molar-refractivity contribution in [2.24, 2.45) is 0 Å². The summed E-state index contributed by atoms with van der Waals surface area (Å²) in [4.78, 5) is 17.8. The second-order valence-corrected chi connectivity index (χ2v) is 13.7. The van der Waals surface area contributed by atoms with Gasteiger partial charge in [0.2, 0.25) is 0 Å². The summed E-state index contributed by atoms with van der Waals surface area (Å²) in [6, 6.07) is 5.77. The smallest absolute Gasteiger partial charge is 0.319 e. The Morgan fingerprint density at radius 3 is 2.84 bits per heavy atom. The molecule has 0 bridgehead atoms. The molecule has 0 amide bonds. The molecule has 7 rings (SSSR count). The van der Waals surface area contributed by atoms with Crippen molar-refractivity contribution in [2.75, 3.05) is 49.2 Å². The molecule has 0 aliphatic carbocycles. The lowest BCUT2D eigenvalue weighted by Crippen LogP contribution is -2.43. The Balaban J connectivity index is 1.37. The Morgan fingerprint density at radius 1 is 1.14 bits per heavy atom. The highest BCUT2D eigenvalue weighted by Gasteiger charge is 2.49. The van der Waals surface area contributed by atoms with E-state index in [0.29, 0.717) is 77.9 Å². The fraction of sp³-hybridized carbons (Fsp3) is 0.469. The minimum absolute atomic E-state index is 0.0260. The average Bonchev–Trinajstić information content (AvgIpc) is 3.44. The van der Waals surface area contributed by atoms with Crippen LogP contribution in [0.1, 0.15) is 38.2 Å². The molecule has 232 valence electrons. The number of rotatable bonds is 6. The van der Waals surface area contributed by atoms with Gasteiger partial charge in [-0.05, 0) is 60.3 Å². The zero-order chi connectivity index (χ0) is 30.6. The first-order valence-corrected chi connectivity index (χ1v) is 16.7. The summed E-state index contributed by atoms with van der Waals surface area (Å²) >= 11 is -0.959. The molecule has 4 aromatic rings. The van der Waals surface area contributed by atoms with Gasteiger partial charge >= 0.3 is 6.01 Å². The second-order valence-electron chi connectivity index (χ2n) is 12.0. The lowest BCUT2D eigenvalue weighted by Gasteiger charge is -2.31. The number of hydrogen-bond acceptors (Lipinski definition) is 8. The van der Waals surface area contributed by atoms with Crippen molar-refractivity contribution in [3.8, 4) is 23.0 Å². The van der Waals surface area contributed by atoms with Gasteiger partial charge in [0.25, 0.3) is 0 Å². The van der Waals surface area contributed by atoms with Crippen molar-refractivity contribution in [3.05, 3.63) is 47.7 Å². The molecule has 3 aliphatic rings. The van der Waals surface area contributed by atoms with E-state index in [4.69, 9.17) is 9.72 Å². The predicted molar refractivity (Wildman–Crippen MR) is 164 cm³/mol. The van der Waals surface area contributed by atoms with E-state index in [9.17, 15) is 18.4 Å². The summed E-state index contributed by atoms with van der Waals surface area (Å²) in [5.41, 5.74) is 0.0983. The molecule has 1 N–H and O–H groups in total. The predicted octanol–water partition coefficient (Wildman–Crippen LogP) is 5.31. The second kappa shape index (κ2) is 11.5. The number of phenols is 1. The van der Waals surface area contributed by atoms with Crippen LogP contribution in [0, 0.1) is 11.6 Å². The van der Waals surface area contributed by atoms with Crippen molar-refractivity contribution in [1.29, 1.82) is 0 Å². The molecule has 2 aromatic carbocycles. The molecule has 5 heterocycles. The van der Waals surface area contributed by atoms with Crippen LogP contribution in [0.25, 0.3) is 32.9 Å². The molecule has 44 heavy (non-hydrogen) atoms. The maximum atomic E-state index is 16.7. The van der Waals surface area contributed by atoms with Gasteiger partial charge in [-0.3, -0.25) is 9.88 Å². The highest BCUT2D eigenvalue weighted by molar-refractivity contribution is 7.91. The lowest BCUT2D eigenvalue weighted by molar-refractivity contribution is 0.107. The summed E-state index contributed by atoms with van der Waals surface area (Å²) in [6.45, 7) is 4.20. The number of aromatic hydroxyl groups is 1. The normalized spacial score (nSPS) is 24.2. The zero-order valence-electron chi connectivity index (χ0n) is 24.5. The van der Waals surface area contributed by atoms with Crippen LogP contribution in [0.3, 0.4) is 0 Å². The van der Waals surface area contributed by atoms with Crippen molar-refractivity contribution < 1.29 is 27.6 Å².